The van der Waals surface area contributed by atoms with Crippen LogP contribution in [0, 0.1) is 12.3 Å². The Hall–Kier alpha value is -0.860. The average molecular weight is 261 g/mol. The van der Waals surface area contributed by atoms with Crippen LogP contribution in [0.25, 0.3) is 0 Å². The van der Waals surface area contributed by atoms with E-state index in [1.807, 2.05) is 0 Å². The van der Waals surface area contributed by atoms with Crippen LogP contribution in [0.15, 0.2) is 24.3 Å². The molecule has 1 aliphatic carbocycles. The normalized spacial score (nSPS) is 21.9. The fourth-order valence-corrected chi connectivity index (χ4v) is 3.40. The van der Waals surface area contributed by atoms with Crippen molar-refractivity contribution in [3.05, 3.63) is 35.4 Å². The number of aliphatic hydroxyl groups is 1. The van der Waals surface area contributed by atoms with Crippen LogP contribution in [-0.2, 0) is 0 Å². The Balaban J connectivity index is 2.18. The number of aliphatic hydroxyl groups excluding tert-OH is 1. The number of hydrogen-bond acceptors (Lipinski definition) is 2. The van der Waals surface area contributed by atoms with E-state index in [0.29, 0.717) is 6.54 Å². The van der Waals surface area contributed by atoms with Crippen molar-refractivity contribution in [2.24, 2.45) is 11.1 Å². The molecule has 0 spiro atoms. The summed E-state index contributed by atoms with van der Waals surface area (Å²) in [5.41, 5.74) is 8.41. The molecule has 1 saturated carbocycles. The standard InChI is InChI=1S/C17H27NO/c1-13-6-8-14(9-7-13)15(12-18)16(19)17(2)10-4-3-5-11-17/h6-9,15-16,19H,3-5,10-12,18H2,1-2H3. The zero-order chi connectivity index (χ0) is 13.9. The zero-order valence-electron chi connectivity index (χ0n) is 12.2. The van der Waals surface area contributed by atoms with E-state index in [1.54, 1.807) is 0 Å². The van der Waals surface area contributed by atoms with Crippen LogP contribution >= 0.6 is 0 Å². The molecule has 2 nitrogen and oxygen atoms in total. The summed E-state index contributed by atoms with van der Waals surface area (Å²) in [5.74, 6) is 0.0590. The summed E-state index contributed by atoms with van der Waals surface area (Å²) >= 11 is 0. The van der Waals surface area contributed by atoms with Gasteiger partial charge in [0.1, 0.15) is 0 Å². The van der Waals surface area contributed by atoms with E-state index in [-0.39, 0.29) is 17.4 Å². The van der Waals surface area contributed by atoms with Crippen molar-refractivity contribution in [3.8, 4) is 0 Å². The fourth-order valence-electron chi connectivity index (χ4n) is 3.40. The Labute approximate surface area is 117 Å². The number of rotatable bonds is 4. The number of benzene rings is 1. The molecule has 2 rings (SSSR count). The van der Waals surface area contributed by atoms with E-state index < -0.39 is 0 Å². The van der Waals surface area contributed by atoms with Crippen LogP contribution < -0.4 is 5.73 Å². The molecule has 1 aromatic carbocycles. The first-order valence-corrected chi connectivity index (χ1v) is 7.51. The molecule has 0 aliphatic heterocycles. The van der Waals surface area contributed by atoms with Crippen molar-refractivity contribution in [2.45, 2.75) is 58.0 Å². The first kappa shape index (κ1) is 14.5. The Morgan fingerprint density at radius 2 is 1.74 bits per heavy atom. The fraction of sp³-hybridized carbons (Fsp3) is 0.647. The molecule has 3 N–H and O–H groups in total. The summed E-state index contributed by atoms with van der Waals surface area (Å²) in [6.07, 6.45) is 5.69. The van der Waals surface area contributed by atoms with Gasteiger partial charge in [-0.2, -0.15) is 0 Å². The summed E-state index contributed by atoms with van der Waals surface area (Å²) < 4.78 is 0. The third-order valence-corrected chi connectivity index (χ3v) is 4.85. The second kappa shape index (κ2) is 6.06. The van der Waals surface area contributed by atoms with Crippen LogP contribution in [0.1, 0.15) is 56.1 Å². The summed E-state index contributed by atoms with van der Waals surface area (Å²) in [5, 5.41) is 10.8. The van der Waals surface area contributed by atoms with Crippen LogP contribution in [-0.4, -0.2) is 17.8 Å². The number of aryl methyl sites for hydroxylation is 1. The molecular formula is C17H27NO. The molecule has 2 heteroatoms. The summed E-state index contributed by atoms with van der Waals surface area (Å²) in [6, 6.07) is 8.44. The van der Waals surface area contributed by atoms with E-state index >= 15 is 0 Å². The Morgan fingerprint density at radius 3 is 2.26 bits per heavy atom. The zero-order valence-corrected chi connectivity index (χ0v) is 12.2. The van der Waals surface area contributed by atoms with Crippen molar-refractivity contribution in [3.63, 3.8) is 0 Å². The molecule has 0 aromatic heterocycles. The van der Waals surface area contributed by atoms with Crippen LogP contribution in [0.2, 0.25) is 0 Å². The van der Waals surface area contributed by atoms with E-state index in [9.17, 15) is 5.11 Å². The molecule has 1 aromatic rings. The Kier molecular flexibility index (Phi) is 4.64. The minimum Gasteiger partial charge on any atom is -0.392 e. The van der Waals surface area contributed by atoms with Crippen molar-refractivity contribution in [1.82, 2.24) is 0 Å². The lowest BCUT2D eigenvalue weighted by atomic mass is 9.67. The lowest BCUT2D eigenvalue weighted by molar-refractivity contribution is -0.00749. The molecule has 106 valence electrons. The molecule has 0 radical (unpaired) electrons. The summed E-state index contributed by atoms with van der Waals surface area (Å²) in [6.45, 7) is 4.83. The van der Waals surface area contributed by atoms with Crippen molar-refractivity contribution in [1.29, 1.82) is 0 Å². The molecule has 0 amide bonds. The van der Waals surface area contributed by atoms with Gasteiger partial charge in [0.15, 0.2) is 0 Å². The minimum atomic E-state index is -0.333. The summed E-state index contributed by atoms with van der Waals surface area (Å²) in [4.78, 5) is 0. The first-order valence-electron chi connectivity index (χ1n) is 7.51. The highest BCUT2D eigenvalue weighted by Gasteiger charge is 2.38. The molecular weight excluding hydrogens is 234 g/mol. The number of nitrogens with two attached hydrogens (primary N) is 1. The van der Waals surface area contributed by atoms with E-state index in [2.05, 4.69) is 38.1 Å². The Bertz CT molecular complexity index is 392. The van der Waals surface area contributed by atoms with Gasteiger partial charge in [0.25, 0.3) is 0 Å². The second-order valence-corrected chi connectivity index (χ2v) is 6.41. The van der Waals surface area contributed by atoms with Gasteiger partial charge in [-0.1, -0.05) is 56.0 Å². The maximum absolute atomic E-state index is 10.8. The van der Waals surface area contributed by atoms with Gasteiger partial charge < -0.3 is 10.8 Å². The molecule has 0 saturated heterocycles. The SMILES string of the molecule is Cc1ccc(C(CN)C(O)C2(C)CCCCC2)cc1. The van der Waals surface area contributed by atoms with Gasteiger partial charge in [-0.25, -0.2) is 0 Å². The molecule has 2 atom stereocenters. The Morgan fingerprint density at radius 1 is 1.16 bits per heavy atom. The quantitative estimate of drug-likeness (QED) is 0.873. The summed E-state index contributed by atoms with van der Waals surface area (Å²) in [7, 11) is 0. The van der Waals surface area contributed by atoms with Crippen LogP contribution in [0.5, 0.6) is 0 Å². The highest BCUT2D eigenvalue weighted by molar-refractivity contribution is 5.26. The molecule has 0 bridgehead atoms. The lowest BCUT2D eigenvalue weighted by Crippen LogP contribution is -2.41. The predicted octanol–water partition coefficient (Wildman–Crippen LogP) is 3.37. The van der Waals surface area contributed by atoms with Gasteiger partial charge in [-0.15, -0.1) is 0 Å². The van der Waals surface area contributed by atoms with E-state index in [1.165, 1.54) is 30.4 Å². The van der Waals surface area contributed by atoms with Gasteiger partial charge in [0.05, 0.1) is 6.10 Å². The predicted molar refractivity (Wildman–Crippen MR) is 80.2 cm³/mol. The molecule has 1 aliphatic rings. The largest absolute Gasteiger partial charge is 0.392 e. The van der Waals surface area contributed by atoms with Crippen molar-refractivity contribution >= 4 is 0 Å². The second-order valence-electron chi connectivity index (χ2n) is 6.41. The topological polar surface area (TPSA) is 46.2 Å². The van der Waals surface area contributed by atoms with E-state index in [4.69, 9.17) is 5.73 Å². The third-order valence-electron chi connectivity index (χ3n) is 4.85. The maximum Gasteiger partial charge on any atom is 0.0674 e. The van der Waals surface area contributed by atoms with Crippen LogP contribution in [0.4, 0.5) is 0 Å². The highest BCUT2D eigenvalue weighted by Crippen LogP contribution is 2.43. The van der Waals surface area contributed by atoms with Gasteiger partial charge in [-0.3, -0.25) is 0 Å². The smallest absolute Gasteiger partial charge is 0.0674 e. The molecule has 2 unspecified atom stereocenters. The third kappa shape index (κ3) is 3.18. The maximum atomic E-state index is 10.8. The molecule has 0 heterocycles. The van der Waals surface area contributed by atoms with Gasteiger partial charge >= 0.3 is 0 Å². The van der Waals surface area contributed by atoms with E-state index in [0.717, 1.165) is 12.8 Å². The van der Waals surface area contributed by atoms with Crippen LogP contribution in [0.3, 0.4) is 0 Å². The minimum absolute atomic E-state index is 0.0349. The van der Waals surface area contributed by atoms with Gasteiger partial charge in [-0.05, 0) is 30.7 Å². The first-order chi connectivity index (χ1) is 9.07. The van der Waals surface area contributed by atoms with Gasteiger partial charge in [0, 0.05) is 12.5 Å². The monoisotopic (exact) mass is 261 g/mol. The highest BCUT2D eigenvalue weighted by atomic mass is 16.3. The molecule has 1 fully saturated rings. The lowest BCUT2D eigenvalue weighted by Gasteiger charge is -2.41. The van der Waals surface area contributed by atoms with Gasteiger partial charge in [0.2, 0.25) is 0 Å². The average Bonchev–Trinajstić information content (AvgIpc) is 2.42. The van der Waals surface area contributed by atoms with Crippen molar-refractivity contribution < 1.29 is 5.11 Å². The molecule has 19 heavy (non-hydrogen) atoms. The van der Waals surface area contributed by atoms with Crippen molar-refractivity contribution in [2.75, 3.05) is 6.54 Å². The number of hydrogen-bond donors (Lipinski definition) is 2.